The molecule has 0 spiro atoms. The number of aromatic amines is 1. The number of ether oxygens (including phenoxy) is 1. The molecule has 0 saturated carbocycles. The van der Waals surface area contributed by atoms with Gasteiger partial charge in [-0.1, -0.05) is 18.2 Å². The fourth-order valence-corrected chi connectivity index (χ4v) is 3.40. The Morgan fingerprint density at radius 1 is 1.13 bits per heavy atom. The predicted octanol–water partition coefficient (Wildman–Crippen LogP) is 1.59. The normalized spacial score (nSPS) is 11.1. The van der Waals surface area contributed by atoms with Gasteiger partial charge >= 0.3 is 5.69 Å². The van der Waals surface area contributed by atoms with E-state index in [1.165, 1.54) is 4.57 Å². The van der Waals surface area contributed by atoms with Crippen LogP contribution in [0.3, 0.4) is 0 Å². The molecule has 4 aromatic rings. The van der Waals surface area contributed by atoms with Crippen molar-refractivity contribution < 1.29 is 4.74 Å². The second kappa shape index (κ2) is 9.33. The molecule has 0 aliphatic carbocycles. The number of H-pyrrole nitrogens is 1. The smallest absolute Gasteiger partial charge is 0.329 e. The fraction of sp³-hybridized carbons (Fsp3) is 0.333. The first-order chi connectivity index (χ1) is 15.1. The van der Waals surface area contributed by atoms with Gasteiger partial charge in [-0.2, -0.15) is 4.98 Å². The Kier molecular flexibility index (Phi) is 6.16. The minimum Gasteiger partial charge on any atom is -0.494 e. The minimum atomic E-state index is -0.485. The van der Waals surface area contributed by atoms with Crippen LogP contribution >= 0.6 is 0 Å². The lowest BCUT2D eigenvalue weighted by atomic mass is 10.3. The van der Waals surface area contributed by atoms with Gasteiger partial charge in [-0.15, -0.1) is 0 Å². The number of rotatable bonds is 10. The molecule has 0 aliphatic rings. The molecule has 0 fully saturated rings. The molecular weight excluding hydrogens is 398 g/mol. The molecule has 0 unspecified atom stereocenters. The number of imidazole rings is 2. The third kappa shape index (κ3) is 4.68. The number of para-hydroxylation sites is 1. The number of aryl methyl sites for hydroxylation is 3. The van der Waals surface area contributed by atoms with Gasteiger partial charge in [-0.3, -0.25) is 14.3 Å². The number of hydrogen-bond acceptors (Lipinski definition) is 6. The highest BCUT2D eigenvalue weighted by atomic mass is 16.5. The second-order valence-electron chi connectivity index (χ2n) is 7.17. The number of benzene rings is 1. The van der Waals surface area contributed by atoms with Crippen molar-refractivity contribution >= 4 is 17.1 Å². The van der Waals surface area contributed by atoms with Crippen molar-refractivity contribution in [3.05, 3.63) is 69.9 Å². The molecule has 10 heteroatoms. The topological polar surface area (TPSA) is 112 Å². The Morgan fingerprint density at radius 3 is 2.74 bits per heavy atom. The molecule has 1 aromatic carbocycles. The van der Waals surface area contributed by atoms with Crippen LogP contribution in [0.2, 0.25) is 0 Å². The van der Waals surface area contributed by atoms with E-state index in [2.05, 4.69) is 20.3 Å². The zero-order valence-electron chi connectivity index (χ0n) is 17.3. The number of nitrogens with one attached hydrogen (secondary N) is 2. The average molecular weight is 423 g/mol. The van der Waals surface area contributed by atoms with E-state index in [9.17, 15) is 9.59 Å². The highest BCUT2D eigenvalue weighted by Crippen LogP contribution is 2.16. The largest absolute Gasteiger partial charge is 0.494 e. The maximum absolute atomic E-state index is 12.5. The van der Waals surface area contributed by atoms with E-state index in [0.717, 1.165) is 18.7 Å². The van der Waals surface area contributed by atoms with E-state index in [-0.39, 0.29) is 0 Å². The number of aromatic nitrogens is 6. The molecule has 0 aliphatic heterocycles. The highest BCUT2D eigenvalue weighted by molar-refractivity contribution is 5.74. The van der Waals surface area contributed by atoms with Gasteiger partial charge < -0.3 is 19.2 Å². The van der Waals surface area contributed by atoms with Crippen LogP contribution in [0.5, 0.6) is 5.75 Å². The lowest BCUT2D eigenvalue weighted by Gasteiger charge is -2.11. The summed E-state index contributed by atoms with van der Waals surface area (Å²) in [6.07, 6.45) is 6.96. The Balaban J connectivity index is 1.49. The number of nitrogens with zero attached hydrogens (tertiary/aromatic N) is 5. The summed E-state index contributed by atoms with van der Waals surface area (Å²) < 4.78 is 10.9. The quantitative estimate of drug-likeness (QED) is 0.375. The van der Waals surface area contributed by atoms with E-state index in [1.54, 1.807) is 19.6 Å². The molecule has 4 rings (SSSR count). The zero-order chi connectivity index (χ0) is 21.6. The molecule has 3 heterocycles. The maximum Gasteiger partial charge on any atom is 0.329 e. The summed E-state index contributed by atoms with van der Waals surface area (Å²) in [7, 11) is 1.60. The van der Waals surface area contributed by atoms with Crippen molar-refractivity contribution in [2.24, 2.45) is 7.05 Å². The van der Waals surface area contributed by atoms with Gasteiger partial charge in [0.15, 0.2) is 11.2 Å². The van der Waals surface area contributed by atoms with Gasteiger partial charge in [0, 0.05) is 39.1 Å². The molecule has 31 heavy (non-hydrogen) atoms. The van der Waals surface area contributed by atoms with Crippen LogP contribution in [0, 0.1) is 0 Å². The summed E-state index contributed by atoms with van der Waals surface area (Å²) in [5.74, 6) is 1.36. The van der Waals surface area contributed by atoms with E-state index >= 15 is 0 Å². The van der Waals surface area contributed by atoms with E-state index < -0.39 is 11.2 Å². The fourth-order valence-electron chi connectivity index (χ4n) is 3.40. The maximum atomic E-state index is 12.5. The minimum absolute atomic E-state index is 0.356. The Labute approximate surface area is 178 Å². The third-order valence-corrected chi connectivity index (χ3v) is 4.98. The van der Waals surface area contributed by atoms with Crippen molar-refractivity contribution in [3.8, 4) is 5.75 Å². The van der Waals surface area contributed by atoms with Crippen LogP contribution in [-0.4, -0.2) is 41.8 Å². The van der Waals surface area contributed by atoms with Crippen LogP contribution in [0.15, 0.2) is 58.6 Å². The van der Waals surface area contributed by atoms with Crippen LogP contribution in [0.1, 0.15) is 12.8 Å². The first kappa shape index (κ1) is 20.5. The Bertz CT molecular complexity index is 1240. The van der Waals surface area contributed by atoms with Crippen molar-refractivity contribution in [2.45, 2.75) is 25.9 Å². The number of anilines is 1. The molecule has 2 N–H and O–H groups in total. The molecule has 3 aromatic heterocycles. The summed E-state index contributed by atoms with van der Waals surface area (Å²) >= 11 is 0. The number of fused-ring (bicyclic) bond motifs is 1. The van der Waals surface area contributed by atoms with E-state index in [0.29, 0.717) is 43.2 Å². The van der Waals surface area contributed by atoms with Crippen LogP contribution in [0.25, 0.3) is 11.2 Å². The van der Waals surface area contributed by atoms with Gasteiger partial charge in [0.2, 0.25) is 5.95 Å². The van der Waals surface area contributed by atoms with Gasteiger partial charge in [0.1, 0.15) is 5.75 Å². The first-order valence-electron chi connectivity index (χ1n) is 10.2. The van der Waals surface area contributed by atoms with Gasteiger partial charge in [0.25, 0.3) is 5.56 Å². The molecule has 0 radical (unpaired) electrons. The summed E-state index contributed by atoms with van der Waals surface area (Å²) in [6, 6.07) is 9.58. The SMILES string of the molecule is Cn1c(=O)[nH]c(=O)c2c1nc(NCCCn1ccnc1)n2CCCOc1ccccc1. The molecule has 0 atom stereocenters. The summed E-state index contributed by atoms with van der Waals surface area (Å²) in [6.45, 7) is 2.49. The van der Waals surface area contributed by atoms with Crippen molar-refractivity contribution in [3.63, 3.8) is 0 Å². The van der Waals surface area contributed by atoms with E-state index in [4.69, 9.17) is 4.74 Å². The van der Waals surface area contributed by atoms with E-state index in [1.807, 2.05) is 45.7 Å². The van der Waals surface area contributed by atoms with Gasteiger partial charge in [0.05, 0.1) is 12.9 Å². The van der Waals surface area contributed by atoms with Crippen molar-refractivity contribution in [1.82, 2.24) is 28.7 Å². The average Bonchev–Trinajstić information content (AvgIpc) is 3.42. The number of hydrogen-bond donors (Lipinski definition) is 2. The van der Waals surface area contributed by atoms with Gasteiger partial charge in [-0.25, -0.2) is 9.78 Å². The molecule has 10 nitrogen and oxygen atoms in total. The summed E-state index contributed by atoms with van der Waals surface area (Å²) in [4.78, 5) is 35.5. The van der Waals surface area contributed by atoms with Crippen molar-refractivity contribution in [2.75, 3.05) is 18.5 Å². The molecule has 162 valence electrons. The van der Waals surface area contributed by atoms with Crippen LogP contribution in [0.4, 0.5) is 5.95 Å². The monoisotopic (exact) mass is 423 g/mol. The van der Waals surface area contributed by atoms with Gasteiger partial charge in [-0.05, 0) is 25.0 Å². The first-order valence-corrected chi connectivity index (χ1v) is 10.2. The second-order valence-corrected chi connectivity index (χ2v) is 7.17. The van der Waals surface area contributed by atoms with Crippen LogP contribution in [-0.2, 0) is 20.1 Å². The standard InChI is InChI=1S/C21H25N7O3/c1-26-18-17(19(29)25-21(26)30)28(12-6-14-31-16-7-3-2-4-8-16)20(24-18)23-9-5-11-27-13-10-22-15-27/h2-4,7-8,10,13,15H,5-6,9,11-12,14H2,1H3,(H,23,24)(H,25,29,30). The molecular formula is C21H25N7O3. The lowest BCUT2D eigenvalue weighted by Crippen LogP contribution is -2.29. The predicted molar refractivity (Wildman–Crippen MR) is 117 cm³/mol. The molecule has 0 bridgehead atoms. The zero-order valence-corrected chi connectivity index (χ0v) is 17.3. The molecule has 0 amide bonds. The molecule has 0 saturated heterocycles. The van der Waals surface area contributed by atoms with Crippen LogP contribution < -0.4 is 21.3 Å². The Morgan fingerprint density at radius 2 is 1.97 bits per heavy atom. The Hall–Kier alpha value is -3.82. The lowest BCUT2D eigenvalue weighted by molar-refractivity contribution is 0.303. The highest BCUT2D eigenvalue weighted by Gasteiger charge is 2.17. The summed E-state index contributed by atoms with van der Waals surface area (Å²) in [5, 5.41) is 3.31. The summed E-state index contributed by atoms with van der Waals surface area (Å²) in [5.41, 5.74) is -0.198. The third-order valence-electron chi connectivity index (χ3n) is 4.98. The van der Waals surface area contributed by atoms with Crippen molar-refractivity contribution in [1.29, 1.82) is 0 Å².